The van der Waals surface area contributed by atoms with Crippen molar-refractivity contribution in [3.8, 4) is 5.75 Å². The van der Waals surface area contributed by atoms with Gasteiger partial charge >= 0.3 is 0 Å². The van der Waals surface area contributed by atoms with Crippen LogP contribution in [0.15, 0.2) is 53.5 Å². The molecule has 1 saturated heterocycles. The van der Waals surface area contributed by atoms with Crippen molar-refractivity contribution < 1.29 is 9.13 Å². The number of para-hydroxylation sites is 2. The first kappa shape index (κ1) is 21.7. The van der Waals surface area contributed by atoms with Crippen LogP contribution in [-0.4, -0.2) is 57.2 Å². The number of ether oxygens (including phenoxy) is 1. The predicted molar refractivity (Wildman–Crippen MR) is 126 cm³/mol. The van der Waals surface area contributed by atoms with E-state index >= 15 is 0 Å². The fraction of sp³-hybridized carbons (Fsp3) is 0.409. The number of hydrogen-bond acceptors (Lipinski definition) is 3. The van der Waals surface area contributed by atoms with Gasteiger partial charge in [-0.3, -0.25) is 4.99 Å². The van der Waals surface area contributed by atoms with Crippen molar-refractivity contribution in [1.29, 1.82) is 0 Å². The maximum atomic E-state index is 14.0. The molecule has 5 nitrogen and oxygen atoms in total. The van der Waals surface area contributed by atoms with Crippen LogP contribution >= 0.6 is 24.0 Å². The molecule has 7 heteroatoms. The van der Waals surface area contributed by atoms with Gasteiger partial charge in [0.15, 0.2) is 5.96 Å². The number of aliphatic imine (C=N–C) groups is 1. The normalized spacial score (nSPS) is 21.4. The summed E-state index contributed by atoms with van der Waals surface area (Å²) in [6.45, 7) is 3.58. The van der Waals surface area contributed by atoms with Gasteiger partial charge in [-0.25, -0.2) is 4.39 Å². The van der Waals surface area contributed by atoms with Crippen LogP contribution in [-0.2, 0) is 0 Å². The molecule has 0 bridgehead atoms. The van der Waals surface area contributed by atoms with Crippen LogP contribution < -0.4 is 15.0 Å². The van der Waals surface area contributed by atoms with Gasteiger partial charge in [-0.05, 0) is 30.2 Å². The van der Waals surface area contributed by atoms with Gasteiger partial charge < -0.3 is 19.9 Å². The molecule has 2 aliphatic rings. The number of benzene rings is 2. The van der Waals surface area contributed by atoms with Crippen molar-refractivity contribution >= 4 is 35.6 Å². The molecular weight excluding hydrogens is 482 g/mol. The average Bonchev–Trinajstić information content (AvgIpc) is 3.51. The number of piperazine rings is 1. The predicted octanol–water partition coefficient (Wildman–Crippen LogP) is 3.71. The molecule has 1 saturated carbocycles. The van der Waals surface area contributed by atoms with Crippen LogP contribution in [0.1, 0.15) is 17.9 Å². The standard InChI is InChI=1S/C22H27FN4O.HI/c1-24-22(25-19-15-17(19)16-7-3-4-8-18(16)23)27-13-11-26(12-14-27)20-9-5-6-10-21(20)28-2;/h3-10,17,19H,11-15H2,1-2H3,(H,24,25);1H. The zero-order valence-electron chi connectivity index (χ0n) is 16.8. The van der Waals surface area contributed by atoms with E-state index in [0.29, 0.717) is 0 Å². The Morgan fingerprint density at radius 3 is 2.45 bits per heavy atom. The summed E-state index contributed by atoms with van der Waals surface area (Å²) in [6, 6.07) is 15.5. The van der Waals surface area contributed by atoms with E-state index < -0.39 is 0 Å². The Hall–Kier alpha value is -2.03. The number of anilines is 1. The first-order chi connectivity index (χ1) is 13.7. The van der Waals surface area contributed by atoms with Crippen molar-refractivity contribution in [3.63, 3.8) is 0 Å². The molecule has 4 rings (SSSR count). The first-order valence-electron chi connectivity index (χ1n) is 9.82. The van der Waals surface area contributed by atoms with E-state index in [9.17, 15) is 4.39 Å². The summed E-state index contributed by atoms with van der Waals surface area (Å²) < 4.78 is 19.5. The van der Waals surface area contributed by atoms with Crippen molar-refractivity contribution in [1.82, 2.24) is 10.2 Å². The highest BCUT2D eigenvalue weighted by Crippen LogP contribution is 2.42. The molecule has 0 amide bonds. The number of nitrogens with zero attached hydrogens (tertiary/aromatic N) is 3. The fourth-order valence-electron chi connectivity index (χ4n) is 3.99. The van der Waals surface area contributed by atoms with E-state index in [1.807, 2.05) is 37.4 Å². The molecule has 2 aromatic rings. The molecule has 0 radical (unpaired) electrons. The summed E-state index contributed by atoms with van der Waals surface area (Å²) in [6.07, 6.45) is 0.946. The number of hydrogen-bond donors (Lipinski definition) is 1. The number of rotatable bonds is 4. The second-order valence-electron chi connectivity index (χ2n) is 7.31. The third kappa shape index (κ3) is 4.76. The third-order valence-corrected chi connectivity index (χ3v) is 5.63. The smallest absolute Gasteiger partial charge is 0.194 e. The minimum Gasteiger partial charge on any atom is -0.495 e. The molecule has 2 aromatic carbocycles. The third-order valence-electron chi connectivity index (χ3n) is 5.63. The summed E-state index contributed by atoms with van der Waals surface area (Å²) in [5, 5.41) is 3.53. The molecule has 1 N–H and O–H groups in total. The van der Waals surface area contributed by atoms with Gasteiger partial charge in [0.25, 0.3) is 0 Å². The van der Waals surface area contributed by atoms with Gasteiger partial charge in [0.05, 0.1) is 12.8 Å². The van der Waals surface area contributed by atoms with Gasteiger partial charge in [0.2, 0.25) is 0 Å². The highest BCUT2D eigenvalue weighted by atomic mass is 127. The lowest BCUT2D eigenvalue weighted by atomic mass is 10.1. The highest BCUT2D eigenvalue weighted by molar-refractivity contribution is 14.0. The van der Waals surface area contributed by atoms with Crippen LogP contribution in [0.2, 0.25) is 0 Å². The molecule has 0 aromatic heterocycles. The second-order valence-corrected chi connectivity index (χ2v) is 7.31. The molecule has 1 aliphatic heterocycles. The molecule has 0 spiro atoms. The second kappa shape index (κ2) is 9.65. The van der Waals surface area contributed by atoms with Gasteiger partial charge in [-0.15, -0.1) is 24.0 Å². The minimum absolute atomic E-state index is 0. The van der Waals surface area contributed by atoms with E-state index in [1.54, 1.807) is 13.2 Å². The lowest BCUT2D eigenvalue weighted by Crippen LogP contribution is -2.53. The molecule has 2 atom stereocenters. The van der Waals surface area contributed by atoms with E-state index in [0.717, 1.165) is 55.6 Å². The molecule has 1 aliphatic carbocycles. The number of halogens is 2. The lowest BCUT2D eigenvalue weighted by molar-refractivity contribution is 0.366. The van der Waals surface area contributed by atoms with Gasteiger partial charge in [-0.1, -0.05) is 30.3 Å². The number of nitrogens with one attached hydrogen (secondary N) is 1. The summed E-state index contributed by atoms with van der Waals surface area (Å²) in [5.74, 6) is 1.93. The van der Waals surface area contributed by atoms with E-state index in [4.69, 9.17) is 4.74 Å². The lowest BCUT2D eigenvalue weighted by Gasteiger charge is -2.38. The van der Waals surface area contributed by atoms with Crippen molar-refractivity contribution in [2.75, 3.05) is 45.2 Å². The molecule has 1 heterocycles. The maximum Gasteiger partial charge on any atom is 0.194 e. The van der Waals surface area contributed by atoms with E-state index in [1.165, 1.54) is 6.07 Å². The van der Waals surface area contributed by atoms with Gasteiger partial charge in [0.1, 0.15) is 11.6 Å². The number of methoxy groups -OCH3 is 1. The van der Waals surface area contributed by atoms with Gasteiger partial charge in [-0.2, -0.15) is 0 Å². The monoisotopic (exact) mass is 510 g/mol. The Balaban J connectivity index is 0.00000240. The quantitative estimate of drug-likeness (QED) is 0.387. The summed E-state index contributed by atoms with van der Waals surface area (Å²) in [7, 11) is 3.53. The Kier molecular flexibility index (Phi) is 7.21. The fourth-order valence-corrected chi connectivity index (χ4v) is 3.99. The van der Waals surface area contributed by atoms with Crippen LogP contribution in [0.5, 0.6) is 5.75 Å². The molecule has 29 heavy (non-hydrogen) atoms. The Bertz CT molecular complexity index is 854. The van der Waals surface area contributed by atoms with Crippen molar-refractivity contribution in [2.24, 2.45) is 4.99 Å². The molecule has 2 fully saturated rings. The Labute approximate surface area is 189 Å². The van der Waals surface area contributed by atoms with Gasteiger partial charge in [0, 0.05) is 45.2 Å². The largest absolute Gasteiger partial charge is 0.495 e. The average molecular weight is 510 g/mol. The molecule has 2 unspecified atom stereocenters. The van der Waals surface area contributed by atoms with Crippen molar-refractivity contribution in [2.45, 2.75) is 18.4 Å². The van der Waals surface area contributed by atoms with Crippen LogP contribution in [0.25, 0.3) is 0 Å². The Morgan fingerprint density at radius 1 is 1.07 bits per heavy atom. The van der Waals surface area contributed by atoms with E-state index in [-0.39, 0.29) is 41.8 Å². The topological polar surface area (TPSA) is 40.1 Å². The highest BCUT2D eigenvalue weighted by Gasteiger charge is 2.41. The molecular formula is C22H28FIN4O. The summed E-state index contributed by atoms with van der Waals surface area (Å²) >= 11 is 0. The zero-order valence-corrected chi connectivity index (χ0v) is 19.2. The van der Waals surface area contributed by atoms with E-state index in [2.05, 4.69) is 26.2 Å². The minimum atomic E-state index is -0.114. The van der Waals surface area contributed by atoms with Crippen molar-refractivity contribution in [3.05, 3.63) is 59.9 Å². The Morgan fingerprint density at radius 2 is 1.76 bits per heavy atom. The maximum absolute atomic E-state index is 14.0. The first-order valence-corrected chi connectivity index (χ1v) is 9.82. The number of guanidine groups is 1. The van der Waals surface area contributed by atoms with Crippen LogP contribution in [0, 0.1) is 5.82 Å². The molecule has 156 valence electrons. The zero-order chi connectivity index (χ0) is 19.5. The summed E-state index contributed by atoms with van der Waals surface area (Å²) in [5.41, 5.74) is 1.94. The van der Waals surface area contributed by atoms with Crippen LogP contribution in [0.4, 0.5) is 10.1 Å². The van der Waals surface area contributed by atoms with Crippen LogP contribution in [0.3, 0.4) is 0 Å². The summed E-state index contributed by atoms with van der Waals surface area (Å²) in [4.78, 5) is 9.10. The SMILES string of the molecule is CN=C(NC1CC1c1ccccc1F)N1CCN(c2ccccc2OC)CC1.I.